The summed E-state index contributed by atoms with van der Waals surface area (Å²) in [6, 6.07) is 23.9. The molecule has 4 N–H and O–H groups in total. The number of aromatic amines is 1. The molecule has 0 fully saturated rings. The van der Waals surface area contributed by atoms with Crippen LogP contribution in [0.1, 0.15) is 28.1 Å². The van der Waals surface area contributed by atoms with Gasteiger partial charge in [-0.1, -0.05) is 78.9 Å². The van der Waals surface area contributed by atoms with Crippen molar-refractivity contribution >= 4 is 49.3 Å². The van der Waals surface area contributed by atoms with Gasteiger partial charge in [0.15, 0.2) is 10.6 Å². The van der Waals surface area contributed by atoms with Crippen LogP contribution in [-0.2, 0) is 21.2 Å². The fraction of sp³-hybridized carbons (Fsp3) is 0.125. The zero-order valence-corrected chi connectivity index (χ0v) is 23.1. The van der Waals surface area contributed by atoms with Crippen LogP contribution in [0.2, 0.25) is 0 Å². The molecular weight excluding hydrogens is 554 g/mol. The fourth-order valence-corrected chi connectivity index (χ4v) is 6.71. The van der Waals surface area contributed by atoms with Gasteiger partial charge < -0.3 is 19.8 Å². The number of carboxylic acid groups (broad SMARTS) is 1. The quantitative estimate of drug-likeness (QED) is 0.193. The average Bonchev–Trinajstić information content (AvgIpc) is 3.62. The normalized spacial score (nSPS) is 17.7. The number of carboxylic acids is 1. The summed E-state index contributed by atoms with van der Waals surface area (Å²) in [6.07, 6.45) is 6.14. The molecule has 2 atom stereocenters. The highest BCUT2D eigenvalue weighted by molar-refractivity contribution is 7.91. The topological polar surface area (TPSA) is 142 Å². The second-order valence-corrected chi connectivity index (χ2v) is 12.1. The molecule has 0 saturated heterocycles. The maximum Gasteiger partial charge on any atom is 0.322 e. The van der Waals surface area contributed by atoms with Gasteiger partial charge in [-0.05, 0) is 41.0 Å². The first kappa shape index (κ1) is 27.3. The summed E-state index contributed by atoms with van der Waals surface area (Å²) in [5.41, 5.74) is 3.58. The molecule has 0 saturated carbocycles. The van der Waals surface area contributed by atoms with Crippen LogP contribution < -0.4 is 10.0 Å². The molecule has 2 heterocycles. The highest BCUT2D eigenvalue weighted by Gasteiger charge is 2.46. The van der Waals surface area contributed by atoms with Crippen molar-refractivity contribution in [3.05, 3.63) is 126 Å². The molecule has 6 rings (SSSR count). The van der Waals surface area contributed by atoms with E-state index in [0.29, 0.717) is 16.5 Å². The predicted octanol–water partition coefficient (Wildman–Crippen LogP) is 5.00. The maximum atomic E-state index is 14.1. The molecule has 0 bridgehead atoms. The molecule has 0 radical (unpaired) electrons. The molecule has 9 nitrogen and oxygen atoms in total. The summed E-state index contributed by atoms with van der Waals surface area (Å²) in [4.78, 5) is 26.9. The largest absolute Gasteiger partial charge is 0.480 e. The van der Waals surface area contributed by atoms with E-state index in [4.69, 9.17) is 4.42 Å². The highest BCUT2D eigenvalue weighted by Crippen LogP contribution is 2.32. The lowest BCUT2D eigenvalue weighted by Gasteiger charge is -2.33. The zero-order valence-electron chi connectivity index (χ0n) is 22.3. The Morgan fingerprint density at radius 2 is 1.74 bits per heavy atom. The molecule has 1 unspecified atom stereocenters. The molecule has 1 amide bonds. The lowest BCUT2D eigenvalue weighted by molar-refractivity contribution is -0.138. The van der Waals surface area contributed by atoms with Gasteiger partial charge in [-0.2, -0.15) is 4.72 Å². The molecule has 1 aliphatic rings. The van der Waals surface area contributed by atoms with E-state index in [1.165, 1.54) is 12.1 Å². The number of carbonyl (C=O) groups is 2. The number of nitrogens with one attached hydrogen (secondary N) is 3. The standard InChI is InChI=1S/C32H27N3O6S/c36-30(29-19-23-10-4-7-13-28(23)41-29)34-32(16-14-22(15-17-32)21-8-2-1-3-9-21)42(39,40)35-27(31(37)38)18-24-20-33-26-12-6-5-11-25(24)26/h1-16,19-20,27,33,35H,17-18H2,(H,34,36)(H,37,38)/t27-,32?/m1/s1. The molecule has 42 heavy (non-hydrogen) atoms. The van der Waals surface area contributed by atoms with E-state index >= 15 is 0 Å². The summed E-state index contributed by atoms with van der Waals surface area (Å²) >= 11 is 0. The van der Waals surface area contributed by atoms with Gasteiger partial charge in [-0.15, -0.1) is 0 Å². The SMILES string of the molecule is O=C(NC1(S(=O)(=O)N[C@H](Cc2c[nH]c3ccccc23)C(=O)O)C=CC(c2ccccc2)=CC1)c1cc2ccccc2o1. The number of furan rings is 1. The lowest BCUT2D eigenvalue weighted by Crippen LogP contribution is -2.60. The van der Waals surface area contributed by atoms with Gasteiger partial charge in [-0.3, -0.25) is 9.59 Å². The van der Waals surface area contributed by atoms with E-state index < -0.39 is 32.8 Å². The van der Waals surface area contributed by atoms with Crippen molar-refractivity contribution in [1.82, 2.24) is 15.0 Å². The van der Waals surface area contributed by atoms with Crippen molar-refractivity contribution in [3.8, 4) is 0 Å². The molecule has 1 aliphatic carbocycles. The number of hydrogen-bond acceptors (Lipinski definition) is 5. The minimum Gasteiger partial charge on any atom is -0.480 e. The van der Waals surface area contributed by atoms with E-state index in [-0.39, 0.29) is 18.6 Å². The number of hydrogen-bond donors (Lipinski definition) is 4. The summed E-state index contributed by atoms with van der Waals surface area (Å²) in [5.74, 6) is -2.16. The third-order valence-electron chi connectivity index (χ3n) is 7.41. The Morgan fingerprint density at radius 1 is 1.00 bits per heavy atom. The molecular formula is C32H27N3O6S. The van der Waals surface area contributed by atoms with Crippen molar-refractivity contribution in [2.45, 2.75) is 23.8 Å². The fourth-order valence-electron chi connectivity index (χ4n) is 5.17. The van der Waals surface area contributed by atoms with Crippen LogP contribution in [0.4, 0.5) is 0 Å². The van der Waals surface area contributed by atoms with Gasteiger partial charge in [-0.25, -0.2) is 8.42 Å². The second-order valence-electron chi connectivity index (χ2n) is 10.1. The van der Waals surface area contributed by atoms with Crippen LogP contribution in [0, 0.1) is 0 Å². The number of fused-ring (bicyclic) bond motifs is 2. The van der Waals surface area contributed by atoms with Gasteiger partial charge in [0.2, 0.25) is 10.0 Å². The Bertz CT molecular complexity index is 1940. The highest BCUT2D eigenvalue weighted by atomic mass is 32.2. The number of aromatic nitrogens is 1. The lowest BCUT2D eigenvalue weighted by atomic mass is 9.96. The maximum absolute atomic E-state index is 14.1. The Labute approximate surface area is 241 Å². The van der Waals surface area contributed by atoms with Crippen molar-refractivity contribution in [2.75, 3.05) is 0 Å². The van der Waals surface area contributed by atoms with E-state index in [2.05, 4.69) is 15.0 Å². The summed E-state index contributed by atoms with van der Waals surface area (Å²) in [6.45, 7) is 0. The van der Waals surface area contributed by atoms with Crippen LogP contribution in [0.15, 0.2) is 114 Å². The first-order valence-electron chi connectivity index (χ1n) is 13.3. The van der Waals surface area contributed by atoms with Gasteiger partial charge in [0.05, 0.1) is 0 Å². The third kappa shape index (κ3) is 5.13. The van der Waals surface area contributed by atoms with Gasteiger partial charge in [0.25, 0.3) is 5.91 Å². The van der Waals surface area contributed by atoms with Crippen LogP contribution in [0.5, 0.6) is 0 Å². The molecule has 3 aromatic carbocycles. The van der Waals surface area contributed by atoms with E-state index in [0.717, 1.165) is 22.0 Å². The summed E-state index contributed by atoms with van der Waals surface area (Å²) < 4.78 is 36.2. The Balaban J connectivity index is 1.33. The van der Waals surface area contributed by atoms with Crippen LogP contribution in [0.25, 0.3) is 27.4 Å². The monoisotopic (exact) mass is 581 g/mol. The van der Waals surface area contributed by atoms with Gasteiger partial charge in [0.1, 0.15) is 11.6 Å². The number of para-hydroxylation sites is 2. The number of H-pyrrole nitrogens is 1. The van der Waals surface area contributed by atoms with Crippen LogP contribution in [-0.4, -0.2) is 41.3 Å². The molecule has 5 aromatic rings. The molecule has 10 heteroatoms. The molecule has 0 spiro atoms. The van der Waals surface area contributed by atoms with E-state index in [9.17, 15) is 23.1 Å². The molecule has 2 aromatic heterocycles. The minimum absolute atomic E-state index is 0.0643. The number of sulfonamides is 1. The van der Waals surface area contributed by atoms with E-state index in [1.807, 2.05) is 54.6 Å². The second kappa shape index (κ2) is 10.8. The number of amides is 1. The zero-order chi connectivity index (χ0) is 29.3. The summed E-state index contributed by atoms with van der Waals surface area (Å²) in [5, 5.41) is 14.2. The average molecular weight is 582 g/mol. The van der Waals surface area contributed by atoms with Crippen molar-refractivity contribution in [1.29, 1.82) is 0 Å². The van der Waals surface area contributed by atoms with Crippen LogP contribution in [0.3, 0.4) is 0 Å². The predicted molar refractivity (Wildman–Crippen MR) is 160 cm³/mol. The number of carbonyl (C=O) groups excluding carboxylic acids is 1. The Kier molecular flexibility index (Phi) is 7.01. The Morgan fingerprint density at radius 3 is 2.48 bits per heavy atom. The first-order chi connectivity index (χ1) is 20.2. The third-order valence-corrected chi connectivity index (χ3v) is 9.37. The minimum atomic E-state index is -4.53. The van der Waals surface area contributed by atoms with Crippen LogP contribution >= 0.6 is 0 Å². The number of aliphatic carboxylic acids is 1. The molecule has 212 valence electrons. The number of allylic oxidation sites excluding steroid dienone is 2. The first-order valence-corrected chi connectivity index (χ1v) is 14.8. The summed E-state index contributed by atoms with van der Waals surface area (Å²) in [7, 11) is -4.53. The van der Waals surface area contributed by atoms with Gasteiger partial charge >= 0.3 is 5.97 Å². The van der Waals surface area contributed by atoms with Crippen molar-refractivity contribution < 1.29 is 27.5 Å². The van der Waals surface area contributed by atoms with Crippen molar-refractivity contribution in [2.24, 2.45) is 0 Å². The van der Waals surface area contributed by atoms with Crippen molar-refractivity contribution in [3.63, 3.8) is 0 Å². The number of rotatable bonds is 9. The Hall–Kier alpha value is -4.93. The van der Waals surface area contributed by atoms with E-state index in [1.54, 1.807) is 42.6 Å². The molecule has 0 aliphatic heterocycles. The number of benzene rings is 3. The smallest absolute Gasteiger partial charge is 0.322 e. The van der Waals surface area contributed by atoms with Gasteiger partial charge in [0, 0.05) is 35.3 Å².